The summed E-state index contributed by atoms with van der Waals surface area (Å²) in [7, 11) is 0. The topological polar surface area (TPSA) is 90.7 Å². The third-order valence-corrected chi connectivity index (χ3v) is 2.82. The first-order valence-corrected chi connectivity index (χ1v) is 6.92. The zero-order valence-electron chi connectivity index (χ0n) is 12.5. The second kappa shape index (κ2) is 7.79. The fourth-order valence-corrected chi connectivity index (χ4v) is 1.85. The average Bonchev–Trinajstić information content (AvgIpc) is 2.52. The van der Waals surface area contributed by atoms with Gasteiger partial charge in [-0.25, -0.2) is 0 Å². The van der Waals surface area contributed by atoms with E-state index in [0.29, 0.717) is 30.4 Å². The van der Waals surface area contributed by atoms with E-state index in [1.807, 2.05) is 0 Å². The van der Waals surface area contributed by atoms with Gasteiger partial charge in [0.15, 0.2) is 0 Å². The van der Waals surface area contributed by atoms with Gasteiger partial charge in [-0.05, 0) is 24.3 Å². The van der Waals surface area contributed by atoms with Gasteiger partial charge in [0.25, 0.3) is 5.69 Å². The number of nitrogens with zero attached hydrogens (tertiary/aromatic N) is 1. The standard InChI is InChI=1S/C16H16N2O5/c1-12(19)17-13-3-2-4-16(11-13)23-10-9-22-15-7-5-14(6-8-15)18(20)21/h2-8,11H,9-10H2,1H3,(H,17,19). The van der Waals surface area contributed by atoms with Gasteiger partial charge in [0, 0.05) is 30.8 Å². The molecule has 2 aromatic carbocycles. The molecule has 0 aliphatic rings. The molecule has 2 rings (SSSR count). The summed E-state index contributed by atoms with van der Waals surface area (Å²) in [6.07, 6.45) is 0. The van der Waals surface area contributed by atoms with Crippen LogP contribution in [-0.2, 0) is 4.79 Å². The van der Waals surface area contributed by atoms with E-state index < -0.39 is 4.92 Å². The quantitative estimate of drug-likeness (QED) is 0.481. The third kappa shape index (κ3) is 5.31. The van der Waals surface area contributed by atoms with Gasteiger partial charge in [-0.2, -0.15) is 0 Å². The van der Waals surface area contributed by atoms with Crippen LogP contribution in [0.15, 0.2) is 48.5 Å². The molecular formula is C16H16N2O5. The van der Waals surface area contributed by atoms with Gasteiger partial charge in [0.2, 0.25) is 5.91 Å². The molecule has 0 bridgehead atoms. The summed E-state index contributed by atoms with van der Waals surface area (Å²) in [5, 5.41) is 13.2. The molecule has 0 radical (unpaired) electrons. The zero-order chi connectivity index (χ0) is 16.7. The van der Waals surface area contributed by atoms with Crippen LogP contribution in [0.2, 0.25) is 0 Å². The predicted octanol–water partition coefficient (Wildman–Crippen LogP) is 3.01. The number of anilines is 1. The van der Waals surface area contributed by atoms with Gasteiger partial charge in [-0.1, -0.05) is 6.07 Å². The summed E-state index contributed by atoms with van der Waals surface area (Å²) in [4.78, 5) is 21.1. The number of nitrogens with one attached hydrogen (secondary N) is 1. The first kappa shape index (κ1) is 16.3. The molecule has 0 spiro atoms. The highest BCUT2D eigenvalue weighted by molar-refractivity contribution is 5.88. The minimum atomic E-state index is -0.463. The Kier molecular flexibility index (Phi) is 5.51. The van der Waals surface area contributed by atoms with Gasteiger partial charge in [0.05, 0.1) is 4.92 Å². The summed E-state index contributed by atoms with van der Waals surface area (Å²) in [5.74, 6) is 0.999. The van der Waals surface area contributed by atoms with Crippen molar-refractivity contribution in [1.82, 2.24) is 0 Å². The first-order chi connectivity index (χ1) is 11.0. The molecule has 120 valence electrons. The van der Waals surface area contributed by atoms with Crippen LogP contribution in [0.25, 0.3) is 0 Å². The maximum atomic E-state index is 11.0. The number of amides is 1. The molecule has 0 saturated carbocycles. The van der Waals surface area contributed by atoms with E-state index in [0.717, 1.165) is 0 Å². The van der Waals surface area contributed by atoms with Gasteiger partial charge in [-0.15, -0.1) is 0 Å². The fourth-order valence-electron chi connectivity index (χ4n) is 1.85. The van der Waals surface area contributed by atoms with Crippen molar-refractivity contribution in [1.29, 1.82) is 0 Å². The first-order valence-electron chi connectivity index (χ1n) is 6.92. The van der Waals surface area contributed by atoms with Crippen LogP contribution in [0.5, 0.6) is 11.5 Å². The molecule has 0 atom stereocenters. The number of nitro benzene ring substituents is 1. The number of carbonyl (C=O) groups is 1. The van der Waals surface area contributed by atoms with Crippen molar-refractivity contribution in [3.8, 4) is 11.5 Å². The average molecular weight is 316 g/mol. The molecule has 0 unspecified atom stereocenters. The van der Waals surface area contributed by atoms with Crippen LogP contribution >= 0.6 is 0 Å². The highest BCUT2D eigenvalue weighted by Crippen LogP contribution is 2.18. The lowest BCUT2D eigenvalue weighted by Gasteiger charge is -2.09. The van der Waals surface area contributed by atoms with Crippen LogP contribution in [0.4, 0.5) is 11.4 Å². The molecule has 1 amide bonds. The van der Waals surface area contributed by atoms with Crippen LogP contribution in [0.1, 0.15) is 6.92 Å². The van der Waals surface area contributed by atoms with E-state index in [2.05, 4.69) is 5.32 Å². The number of carbonyl (C=O) groups excluding carboxylic acids is 1. The molecule has 0 saturated heterocycles. The molecular weight excluding hydrogens is 300 g/mol. The largest absolute Gasteiger partial charge is 0.490 e. The molecule has 2 aromatic rings. The number of rotatable bonds is 7. The minimum Gasteiger partial charge on any atom is -0.490 e. The number of ether oxygens (including phenoxy) is 2. The molecule has 23 heavy (non-hydrogen) atoms. The smallest absolute Gasteiger partial charge is 0.269 e. The summed E-state index contributed by atoms with van der Waals surface area (Å²) >= 11 is 0. The molecule has 0 aliphatic carbocycles. The highest BCUT2D eigenvalue weighted by Gasteiger charge is 2.04. The predicted molar refractivity (Wildman–Crippen MR) is 84.8 cm³/mol. The Labute approximate surface area is 133 Å². The second-order valence-electron chi connectivity index (χ2n) is 4.66. The monoisotopic (exact) mass is 316 g/mol. The molecule has 1 N–H and O–H groups in total. The van der Waals surface area contributed by atoms with Crippen molar-refractivity contribution in [3.63, 3.8) is 0 Å². The van der Waals surface area contributed by atoms with Crippen molar-refractivity contribution in [3.05, 3.63) is 58.6 Å². The number of non-ortho nitro benzene ring substituents is 1. The van der Waals surface area contributed by atoms with E-state index in [1.54, 1.807) is 24.3 Å². The Balaban J connectivity index is 1.79. The van der Waals surface area contributed by atoms with Gasteiger partial charge >= 0.3 is 0 Å². The van der Waals surface area contributed by atoms with Crippen LogP contribution in [-0.4, -0.2) is 24.0 Å². The van der Waals surface area contributed by atoms with E-state index in [4.69, 9.17) is 9.47 Å². The normalized spacial score (nSPS) is 9.96. The van der Waals surface area contributed by atoms with Crippen molar-refractivity contribution in [2.24, 2.45) is 0 Å². The lowest BCUT2D eigenvalue weighted by atomic mass is 10.3. The second-order valence-corrected chi connectivity index (χ2v) is 4.66. The number of hydrogen-bond donors (Lipinski definition) is 1. The summed E-state index contributed by atoms with van der Waals surface area (Å²) in [5.41, 5.74) is 0.676. The summed E-state index contributed by atoms with van der Waals surface area (Å²) < 4.78 is 11.0. The Morgan fingerprint density at radius 2 is 1.74 bits per heavy atom. The number of nitro groups is 1. The fraction of sp³-hybridized carbons (Fsp3) is 0.188. The van der Waals surface area contributed by atoms with Crippen LogP contribution < -0.4 is 14.8 Å². The SMILES string of the molecule is CC(=O)Nc1cccc(OCCOc2ccc([N+](=O)[O-])cc2)c1. The van der Waals surface area contributed by atoms with E-state index in [1.165, 1.54) is 31.2 Å². The molecule has 0 heterocycles. The van der Waals surface area contributed by atoms with E-state index >= 15 is 0 Å². The Morgan fingerprint density at radius 3 is 2.35 bits per heavy atom. The minimum absolute atomic E-state index is 0.0170. The molecule has 7 nitrogen and oxygen atoms in total. The Bertz CT molecular complexity index is 685. The van der Waals surface area contributed by atoms with Crippen molar-refractivity contribution < 1.29 is 19.2 Å². The third-order valence-electron chi connectivity index (χ3n) is 2.82. The molecule has 0 aliphatic heterocycles. The van der Waals surface area contributed by atoms with Crippen LogP contribution in [0, 0.1) is 10.1 Å². The summed E-state index contributed by atoms with van der Waals surface area (Å²) in [6.45, 7) is 2.04. The van der Waals surface area contributed by atoms with E-state index in [-0.39, 0.29) is 11.6 Å². The van der Waals surface area contributed by atoms with Crippen LogP contribution in [0.3, 0.4) is 0 Å². The molecule has 0 aromatic heterocycles. The van der Waals surface area contributed by atoms with Gasteiger partial charge in [-0.3, -0.25) is 14.9 Å². The Morgan fingerprint density at radius 1 is 1.09 bits per heavy atom. The van der Waals surface area contributed by atoms with Gasteiger partial charge < -0.3 is 14.8 Å². The maximum Gasteiger partial charge on any atom is 0.269 e. The highest BCUT2D eigenvalue weighted by atomic mass is 16.6. The van der Waals surface area contributed by atoms with Crippen molar-refractivity contribution >= 4 is 17.3 Å². The summed E-state index contributed by atoms with van der Waals surface area (Å²) in [6, 6.07) is 12.9. The molecule has 7 heteroatoms. The van der Waals surface area contributed by atoms with Gasteiger partial charge in [0.1, 0.15) is 24.7 Å². The van der Waals surface area contributed by atoms with Crippen molar-refractivity contribution in [2.45, 2.75) is 6.92 Å². The number of benzene rings is 2. The molecule has 0 fully saturated rings. The maximum absolute atomic E-state index is 11.0. The Hall–Kier alpha value is -3.09. The lowest BCUT2D eigenvalue weighted by molar-refractivity contribution is -0.384. The zero-order valence-corrected chi connectivity index (χ0v) is 12.5. The number of hydrogen-bond acceptors (Lipinski definition) is 5. The lowest BCUT2D eigenvalue weighted by Crippen LogP contribution is -2.09. The van der Waals surface area contributed by atoms with Crippen molar-refractivity contribution in [2.75, 3.05) is 18.5 Å². The van der Waals surface area contributed by atoms with E-state index in [9.17, 15) is 14.9 Å².